The fourth-order valence-electron chi connectivity index (χ4n) is 6.03. The van der Waals surface area contributed by atoms with Crippen LogP contribution in [0.4, 0.5) is 5.69 Å². The first-order valence-electron chi connectivity index (χ1n) is 12.0. The van der Waals surface area contributed by atoms with Gasteiger partial charge < -0.3 is 19.9 Å². The fraction of sp³-hybridized carbons (Fsp3) is 0.385. The number of benzene rings is 2. The van der Waals surface area contributed by atoms with E-state index in [9.17, 15) is 24.3 Å². The number of likely N-dealkylation sites (tertiary alicyclic amines) is 1. The zero-order valence-corrected chi connectivity index (χ0v) is 19.6. The molecule has 4 heterocycles. The lowest BCUT2D eigenvalue weighted by Crippen LogP contribution is -2.53. The minimum atomic E-state index is -1.44. The second-order valence-corrected chi connectivity index (χ2v) is 9.63. The first-order valence-corrected chi connectivity index (χ1v) is 12.0. The number of hydrogen-bond donors (Lipinski definition) is 3. The maximum Gasteiger partial charge on any atom is 0.303 e. The molecule has 3 amide bonds. The first kappa shape index (κ1) is 22.5. The van der Waals surface area contributed by atoms with E-state index in [0.29, 0.717) is 28.3 Å². The Morgan fingerprint density at radius 3 is 2.64 bits per heavy atom. The number of aliphatic carboxylic acids is 1. The number of amides is 3. The van der Waals surface area contributed by atoms with Gasteiger partial charge in [-0.15, -0.1) is 0 Å². The van der Waals surface area contributed by atoms with Crippen molar-refractivity contribution < 1.29 is 33.8 Å². The predicted octanol–water partition coefficient (Wildman–Crippen LogP) is 1.76. The van der Waals surface area contributed by atoms with Gasteiger partial charge in [0.15, 0.2) is 11.5 Å². The number of rotatable bonds is 6. The van der Waals surface area contributed by atoms with Gasteiger partial charge in [-0.25, -0.2) is 0 Å². The van der Waals surface area contributed by atoms with Crippen molar-refractivity contribution in [2.24, 2.45) is 11.8 Å². The van der Waals surface area contributed by atoms with Crippen molar-refractivity contribution in [2.45, 2.75) is 44.3 Å². The molecule has 0 bridgehead atoms. The van der Waals surface area contributed by atoms with Crippen LogP contribution >= 0.6 is 0 Å². The molecule has 2 aromatic carbocycles. The van der Waals surface area contributed by atoms with Crippen molar-refractivity contribution in [3.05, 3.63) is 53.1 Å². The van der Waals surface area contributed by atoms with Crippen LogP contribution in [0.15, 0.2) is 36.4 Å². The molecule has 2 saturated heterocycles. The highest BCUT2D eigenvalue weighted by Gasteiger charge is 2.70. The largest absolute Gasteiger partial charge is 0.481 e. The van der Waals surface area contributed by atoms with E-state index in [4.69, 9.17) is 9.47 Å². The Hall–Kier alpha value is -3.92. The van der Waals surface area contributed by atoms with Gasteiger partial charge in [-0.1, -0.05) is 25.1 Å². The van der Waals surface area contributed by atoms with E-state index < -0.39 is 47.1 Å². The minimum absolute atomic E-state index is 0.0204. The lowest BCUT2D eigenvalue weighted by Gasteiger charge is -2.29. The molecule has 10 nitrogen and oxygen atoms in total. The Morgan fingerprint density at radius 2 is 1.86 bits per heavy atom. The van der Waals surface area contributed by atoms with E-state index in [1.165, 1.54) is 4.90 Å². The number of hydrogen-bond acceptors (Lipinski definition) is 7. The van der Waals surface area contributed by atoms with E-state index >= 15 is 0 Å². The third kappa shape index (κ3) is 3.13. The lowest BCUT2D eigenvalue weighted by molar-refractivity contribution is -0.144. The van der Waals surface area contributed by atoms with Gasteiger partial charge in [0.05, 0.1) is 18.4 Å². The zero-order valence-electron chi connectivity index (χ0n) is 19.6. The molecular formula is C26H25N3O7. The predicted molar refractivity (Wildman–Crippen MR) is 125 cm³/mol. The van der Waals surface area contributed by atoms with Crippen molar-refractivity contribution in [2.75, 3.05) is 12.1 Å². The average Bonchev–Trinajstić information content (AvgIpc) is 3.59. The summed E-state index contributed by atoms with van der Waals surface area (Å²) in [6, 6.07) is 10.2. The van der Waals surface area contributed by atoms with Gasteiger partial charge >= 0.3 is 5.97 Å². The number of anilines is 1. The van der Waals surface area contributed by atoms with Crippen LogP contribution in [0.25, 0.3) is 0 Å². The van der Waals surface area contributed by atoms with Gasteiger partial charge in [0.25, 0.3) is 0 Å². The van der Waals surface area contributed by atoms with Crippen molar-refractivity contribution in [3.8, 4) is 11.5 Å². The number of carboxylic acids is 1. The monoisotopic (exact) mass is 491 g/mol. The molecule has 4 aliphatic heterocycles. The molecule has 186 valence electrons. The third-order valence-electron chi connectivity index (χ3n) is 7.73. The molecule has 2 aromatic rings. The smallest absolute Gasteiger partial charge is 0.303 e. The van der Waals surface area contributed by atoms with Gasteiger partial charge in [-0.05, 0) is 42.2 Å². The number of carbonyl (C=O) groups excluding carboxylic acids is 3. The Labute approximate surface area is 206 Å². The van der Waals surface area contributed by atoms with Crippen molar-refractivity contribution in [1.29, 1.82) is 0 Å². The molecule has 36 heavy (non-hydrogen) atoms. The molecule has 0 aromatic heterocycles. The summed E-state index contributed by atoms with van der Waals surface area (Å²) in [5.41, 5.74) is 1.47. The summed E-state index contributed by atoms with van der Waals surface area (Å²) in [6.45, 7) is 2.13. The molecule has 4 atom stereocenters. The topological polar surface area (TPSA) is 134 Å². The molecule has 6 rings (SSSR count). The van der Waals surface area contributed by atoms with Crippen molar-refractivity contribution >= 4 is 29.4 Å². The molecule has 4 aliphatic rings. The quantitative estimate of drug-likeness (QED) is 0.521. The number of nitrogens with zero attached hydrogens (tertiary/aromatic N) is 1. The summed E-state index contributed by atoms with van der Waals surface area (Å²) < 4.78 is 10.8. The molecule has 2 fully saturated rings. The molecule has 0 unspecified atom stereocenters. The van der Waals surface area contributed by atoms with Gasteiger partial charge in [0.1, 0.15) is 5.54 Å². The molecule has 1 spiro atoms. The second-order valence-electron chi connectivity index (χ2n) is 9.63. The summed E-state index contributed by atoms with van der Waals surface area (Å²) in [5.74, 6) is -2.96. The van der Waals surface area contributed by atoms with E-state index in [2.05, 4.69) is 10.6 Å². The fourth-order valence-corrected chi connectivity index (χ4v) is 6.03. The van der Waals surface area contributed by atoms with E-state index in [1.807, 2.05) is 25.1 Å². The van der Waals surface area contributed by atoms with Crippen LogP contribution in [0.1, 0.15) is 36.5 Å². The molecule has 10 heteroatoms. The zero-order chi connectivity index (χ0) is 25.2. The number of fused-ring (bicyclic) bond motifs is 5. The number of ether oxygens (including phenoxy) is 2. The van der Waals surface area contributed by atoms with Gasteiger partial charge in [-0.3, -0.25) is 29.4 Å². The van der Waals surface area contributed by atoms with E-state index in [-0.39, 0.29) is 26.2 Å². The minimum Gasteiger partial charge on any atom is -0.481 e. The number of carbonyl (C=O) groups is 4. The highest BCUT2D eigenvalue weighted by molar-refractivity contribution is 6.15. The maximum atomic E-state index is 13.9. The van der Waals surface area contributed by atoms with Gasteiger partial charge in [0, 0.05) is 23.7 Å². The summed E-state index contributed by atoms with van der Waals surface area (Å²) in [5, 5.41) is 15.5. The van der Waals surface area contributed by atoms with Crippen LogP contribution in [-0.4, -0.2) is 46.5 Å². The summed E-state index contributed by atoms with van der Waals surface area (Å²) in [7, 11) is 0. The van der Waals surface area contributed by atoms with Crippen LogP contribution in [0.5, 0.6) is 11.5 Å². The average molecular weight is 492 g/mol. The van der Waals surface area contributed by atoms with Crippen LogP contribution in [0.2, 0.25) is 0 Å². The van der Waals surface area contributed by atoms with E-state index in [1.54, 1.807) is 18.2 Å². The Bertz CT molecular complexity index is 1320. The molecule has 0 aliphatic carbocycles. The molecule has 3 N–H and O–H groups in total. The highest BCUT2D eigenvalue weighted by atomic mass is 16.7. The SMILES string of the molecule is CCc1ccc2c(c1)[C@@]1(N[C@@H](CCC(=O)O)[C@H]3C(=O)N(Cc4ccc5c(c4)OCO5)C(=O)[C@@H]31)C(=O)N2. The number of imide groups is 1. The summed E-state index contributed by atoms with van der Waals surface area (Å²) in [6.07, 6.45) is 0.659. The Balaban J connectivity index is 1.41. The molecule has 0 saturated carbocycles. The van der Waals surface area contributed by atoms with Crippen molar-refractivity contribution in [3.63, 3.8) is 0 Å². The van der Waals surface area contributed by atoms with Crippen molar-refractivity contribution in [1.82, 2.24) is 10.2 Å². The lowest BCUT2D eigenvalue weighted by atomic mass is 9.76. The van der Waals surface area contributed by atoms with Crippen LogP contribution < -0.4 is 20.1 Å². The Morgan fingerprint density at radius 1 is 1.08 bits per heavy atom. The van der Waals surface area contributed by atoms with Crippen LogP contribution in [0.3, 0.4) is 0 Å². The summed E-state index contributed by atoms with van der Waals surface area (Å²) in [4.78, 5) is 53.7. The third-order valence-corrected chi connectivity index (χ3v) is 7.73. The molecular weight excluding hydrogens is 466 g/mol. The summed E-state index contributed by atoms with van der Waals surface area (Å²) >= 11 is 0. The standard InChI is InChI=1S/C26H25N3O7/c1-2-13-3-5-16-15(9-13)26(25(34)27-16)22-21(17(28-26)6-8-20(30)31)23(32)29(24(22)33)11-14-4-7-18-19(10-14)36-12-35-18/h3-5,7,9-10,17,21-22,28H,2,6,8,11-12H2,1H3,(H,27,34)(H,30,31)/t17-,21+,22+,26-/m0/s1. The number of aryl methyl sites for hydroxylation is 1. The Kier molecular flexibility index (Phi) is 5.04. The van der Waals surface area contributed by atoms with E-state index in [0.717, 1.165) is 12.0 Å². The number of carboxylic acid groups (broad SMARTS) is 1. The van der Waals surface area contributed by atoms with Gasteiger partial charge in [-0.2, -0.15) is 0 Å². The maximum absolute atomic E-state index is 13.9. The number of nitrogens with one attached hydrogen (secondary N) is 2. The first-order chi connectivity index (χ1) is 17.3. The molecule has 0 radical (unpaired) electrons. The normalized spacial score (nSPS) is 27.5. The van der Waals surface area contributed by atoms with Crippen LogP contribution in [0, 0.1) is 11.8 Å². The van der Waals surface area contributed by atoms with Gasteiger partial charge in [0.2, 0.25) is 24.5 Å². The van der Waals surface area contributed by atoms with Crippen LogP contribution in [-0.2, 0) is 37.7 Å². The second kappa shape index (κ2) is 8.06. The highest BCUT2D eigenvalue weighted by Crippen LogP contribution is 2.54.